The van der Waals surface area contributed by atoms with Crippen molar-refractivity contribution in [3.63, 3.8) is 0 Å². The lowest BCUT2D eigenvalue weighted by Crippen LogP contribution is -2.41. The molecule has 4 unspecified atom stereocenters. The Morgan fingerprint density at radius 2 is 1.93 bits per heavy atom. The quantitative estimate of drug-likeness (QED) is 0.758. The van der Waals surface area contributed by atoms with E-state index in [-0.39, 0.29) is 0 Å². The summed E-state index contributed by atoms with van der Waals surface area (Å²) >= 11 is 0. The summed E-state index contributed by atoms with van der Waals surface area (Å²) in [5.41, 5.74) is 0. The maximum Gasteiger partial charge on any atom is 0.0693 e. The second-order valence-electron chi connectivity index (χ2n) is 5.16. The first-order valence-electron chi connectivity index (χ1n) is 6.41. The molecule has 15 heavy (non-hydrogen) atoms. The summed E-state index contributed by atoms with van der Waals surface area (Å²) in [5.74, 6) is 1.78. The minimum atomic E-state index is 0.309. The van der Waals surface area contributed by atoms with E-state index < -0.39 is 0 Å². The minimum Gasteiger partial charge on any atom is -0.380 e. The predicted molar refractivity (Wildman–Crippen MR) is 65.1 cm³/mol. The Morgan fingerprint density at radius 3 is 2.53 bits per heavy atom. The summed E-state index contributed by atoms with van der Waals surface area (Å²) < 4.78 is 5.32. The van der Waals surface area contributed by atoms with Crippen LogP contribution in [0.25, 0.3) is 0 Å². The number of rotatable bonds is 5. The Hall–Kier alpha value is -0.0800. The third kappa shape index (κ3) is 4.12. The Balaban J connectivity index is 2.23. The van der Waals surface area contributed by atoms with E-state index in [1.807, 2.05) is 0 Å². The summed E-state index contributed by atoms with van der Waals surface area (Å²) in [5, 5.41) is 3.61. The summed E-state index contributed by atoms with van der Waals surface area (Å²) in [4.78, 5) is 0. The maximum absolute atomic E-state index is 5.32. The molecule has 0 aromatic heterocycles. The van der Waals surface area contributed by atoms with Gasteiger partial charge in [-0.1, -0.05) is 26.2 Å². The second kappa shape index (κ2) is 6.49. The van der Waals surface area contributed by atoms with Crippen molar-refractivity contribution in [2.24, 2.45) is 11.8 Å². The highest BCUT2D eigenvalue weighted by Gasteiger charge is 2.22. The van der Waals surface area contributed by atoms with Crippen LogP contribution >= 0.6 is 0 Å². The topological polar surface area (TPSA) is 21.3 Å². The van der Waals surface area contributed by atoms with Gasteiger partial charge in [0.25, 0.3) is 0 Å². The Bertz CT molecular complexity index is 172. The van der Waals surface area contributed by atoms with Gasteiger partial charge in [0.05, 0.1) is 6.10 Å². The van der Waals surface area contributed by atoms with Crippen LogP contribution in [0.4, 0.5) is 0 Å². The number of nitrogens with one attached hydrogen (secondary N) is 1. The molecule has 0 bridgehead atoms. The van der Waals surface area contributed by atoms with Crippen LogP contribution in [0, 0.1) is 11.8 Å². The molecule has 4 atom stereocenters. The fourth-order valence-electron chi connectivity index (χ4n) is 2.40. The Labute approximate surface area is 94.8 Å². The molecule has 0 aromatic rings. The first kappa shape index (κ1) is 13.0. The van der Waals surface area contributed by atoms with Gasteiger partial charge < -0.3 is 10.1 Å². The summed E-state index contributed by atoms with van der Waals surface area (Å²) in [6, 6.07) is 0.462. The molecule has 90 valence electrons. The van der Waals surface area contributed by atoms with Crippen molar-refractivity contribution in [3.8, 4) is 0 Å². The van der Waals surface area contributed by atoms with Crippen molar-refractivity contribution in [2.75, 3.05) is 13.7 Å². The fraction of sp³-hybridized carbons (Fsp3) is 1.00. The molecule has 0 aliphatic heterocycles. The van der Waals surface area contributed by atoms with Gasteiger partial charge >= 0.3 is 0 Å². The molecule has 1 fully saturated rings. The van der Waals surface area contributed by atoms with Crippen LogP contribution in [-0.4, -0.2) is 25.8 Å². The molecule has 1 rings (SSSR count). The van der Waals surface area contributed by atoms with Gasteiger partial charge in [-0.3, -0.25) is 0 Å². The van der Waals surface area contributed by atoms with E-state index in [1.54, 1.807) is 7.11 Å². The zero-order valence-electron chi connectivity index (χ0n) is 10.8. The first-order valence-corrected chi connectivity index (χ1v) is 6.41. The maximum atomic E-state index is 5.32. The van der Waals surface area contributed by atoms with Crippen molar-refractivity contribution in [1.29, 1.82) is 0 Å². The van der Waals surface area contributed by atoms with Crippen molar-refractivity contribution < 1.29 is 4.74 Å². The van der Waals surface area contributed by atoms with Gasteiger partial charge in [-0.25, -0.2) is 0 Å². The van der Waals surface area contributed by atoms with E-state index in [2.05, 4.69) is 26.1 Å². The lowest BCUT2D eigenvalue weighted by molar-refractivity contribution is 0.0846. The van der Waals surface area contributed by atoms with E-state index in [9.17, 15) is 0 Å². The van der Waals surface area contributed by atoms with Gasteiger partial charge in [-0.05, 0) is 38.6 Å². The molecule has 1 aliphatic carbocycles. The number of hydrogen-bond donors (Lipinski definition) is 1. The highest BCUT2D eigenvalue weighted by atomic mass is 16.5. The molecular weight excluding hydrogens is 186 g/mol. The Kier molecular flexibility index (Phi) is 5.62. The van der Waals surface area contributed by atoms with Crippen LogP contribution in [-0.2, 0) is 4.74 Å². The van der Waals surface area contributed by atoms with E-state index in [0.29, 0.717) is 12.1 Å². The standard InChI is InChI=1S/C13H27NO/c1-10-7-5-6-8-13(10)9-14-11(2)12(3)15-4/h10-14H,5-9H2,1-4H3. The highest BCUT2D eigenvalue weighted by Crippen LogP contribution is 2.28. The summed E-state index contributed by atoms with van der Waals surface area (Å²) in [7, 11) is 1.78. The summed E-state index contributed by atoms with van der Waals surface area (Å²) in [6.45, 7) is 7.90. The molecule has 0 spiro atoms. The molecule has 0 radical (unpaired) electrons. The zero-order valence-corrected chi connectivity index (χ0v) is 10.8. The van der Waals surface area contributed by atoms with Crippen LogP contribution < -0.4 is 5.32 Å². The average Bonchev–Trinajstić information content (AvgIpc) is 2.26. The third-order valence-electron chi connectivity index (χ3n) is 4.07. The highest BCUT2D eigenvalue weighted by molar-refractivity contribution is 4.77. The monoisotopic (exact) mass is 213 g/mol. The molecule has 1 aliphatic rings. The predicted octanol–water partition coefficient (Wildman–Crippen LogP) is 2.83. The third-order valence-corrected chi connectivity index (χ3v) is 4.07. The van der Waals surface area contributed by atoms with Crippen LogP contribution in [0.2, 0.25) is 0 Å². The largest absolute Gasteiger partial charge is 0.380 e. The van der Waals surface area contributed by atoms with Crippen LogP contribution in [0.5, 0.6) is 0 Å². The fourth-order valence-corrected chi connectivity index (χ4v) is 2.40. The molecule has 0 heterocycles. The summed E-state index contributed by atoms with van der Waals surface area (Å²) in [6.07, 6.45) is 5.99. The zero-order chi connectivity index (χ0) is 11.3. The number of ether oxygens (including phenoxy) is 1. The first-order chi connectivity index (χ1) is 7.15. The molecule has 1 saturated carbocycles. The van der Waals surface area contributed by atoms with E-state index in [1.165, 1.54) is 25.7 Å². The van der Waals surface area contributed by atoms with Gasteiger partial charge in [-0.15, -0.1) is 0 Å². The molecule has 0 aromatic carbocycles. The van der Waals surface area contributed by atoms with Crippen LogP contribution in [0.15, 0.2) is 0 Å². The van der Waals surface area contributed by atoms with Gasteiger partial charge in [0.15, 0.2) is 0 Å². The van der Waals surface area contributed by atoms with E-state index >= 15 is 0 Å². The van der Waals surface area contributed by atoms with Crippen molar-refractivity contribution >= 4 is 0 Å². The minimum absolute atomic E-state index is 0.309. The molecule has 0 saturated heterocycles. The molecule has 2 nitrogen and oxygen atoms in total. The average molecular weight is 213 g/mol. The lowest BCUT2D eigenvalue weighted by Gasteiger charge is -2.31. The molecule has 1 N–H and O–H groups in total. The van der Waals surface area contributed by atoms with Gasteiger partial charge in [0, 0.05) is 13.2 Å². The second-order valence-corrected chi connectivity index (χ2v) is 5.16. The number of hydrogen-bond acceptors (Lipinski definition) is 2. The normalized spacial score (nSPS) is 31.2. The van der Waals surface area contributed by atoms with Gasteiger partial charge in [0.1, 0.15) is 0 Å². The van der Waals surface area contributed by atoms with E-state index in [0.717, 1.165) is 18.4 Å². The van der Waals surface area contributed by atoms with Gasteiger partial charge in [-0.2, -0.15) is 0 Å². The van der Waals surface area contributed by atoms with Crippen LogP contribution in [0.3, 0.4) is 0 Å². The smallest absolute Gasteiger partial charge is 0.0693 e. The molecule has 2 heteroatoms. The molecular formula is C13H27NO. The van der Waals surface area contributed by atoms with Crippen LogP contribution in [0.1, 0.15) is 46.5 Å². The SMILES string of the molecule is COC(C)C(C)NCC1CCCCC1C. The van der Waals surface area contributed by atoms with Crippen molar-refractivity contribution in [2.45, 2.75) is 58.6 Å². The molecule has 0 amide bonds. The van der Waals surface area contributed by atoms with Crippen molar-refractivity contribution in [3.05, 3.63) is 0 Å². The Morgan fingerprint density at radius 1 is 1.27 bits per heavy atom. The number of methoxy groups -OCH3 is 1. The van der Waals surface area contributed by atoms with E-state index in [4.69, 9.17) is 4.74 Å². The lowest BCUT2D eigenvalue weighted by atomic mass is 9.80. The van der Waals surface area contributed by atoms with Gasteiger partial charge in [0.2, 0.25) is 0 Å². The van der Waals surface area contributed by atoms with Crippen molar-refractivity contribution in [1.82, 2.24) is 5.32 Å².